The Bertz CT molecular complexity index is 775. The van der Waals surface area contributed by atoms with E-state index in [9.17, 15) is 9.59 Å². The number of carbonyl (C=O) groups is 2. The van der Waals surface area contributed by atoms with Crippen LogP contribution in [0.5, 0.6) is 0 Å². The summed E-state index contributed by atoms with van der Waals surface area (Å²) in [4.78, 5) is 27.8. The summed E-state index contributed by atoms with van der Waals surface area (Å²) in [5.74, 6) is 0.0890. The van der Waals surface area contributed by atoms with Crippen LogP contribution in [0.2, 0.25) is 0 Å². The molecule has 0 aliphatic carbocycles. The minimum Gasteiger partial charge on any atom is -0.342 e. The Morgan fingerprint density at radius 2 is 2.04 bits per heavy atom. The first-order valence-electron chi connectivity index (χ1n) is 8.67. The van der Waals surface area contributed by atoms with Crippen molar-refractivity contribution >= 4 is 22.7 Å². The molecule has 2 heterocycles. The van der Waals surface area contributed by atoms with Crippen LogP contribution in [0.3, 0.4) is 0 Å². The highest BCUT2D eigenvalue weighted by Gasteiger charge is 2.26. The van der Waals surface area contributed by atoms with Gasteiger partial charge >= 0.3 is 0 Å². The fourth-order valence-electron chi connectivity index (χ4n) is 3.39. The van der Waals surface area contributed by atoms with Gasteiger partial charge in [0, 0.05) is 38.0 Å². The van der Waals surface area contributed by atoms with Crippen LogP contribution < -0.4 is 0 Å². The second-order valence-corrected chi connectivity index (χ2v) is 6.44. The van der Waals surface area contributed by atoms with Crippen molar-refractivity contribution < 1.29 is 9.59 Å². The van der Waals surface area contributed by atoms with Gasteiger partial charge in [0.25, 0.3) is 0 Å². The average molecular weight is 340 g/mol. The van der Waals surface area contributed by atoms with Crippen molar-refractivity contribution in [3.63, 3.8) is 0 Å². The molecule has 1 aromatic carbocycles. The van der Waals surface area contributed by atoms with Crippen LogP contribution in [0.25, 0.3) is 10.9 Å². The molecule has 1 saturated heterocycles. The largest absolute Gasteiger partial charge is 0.342 e. The van der Waals surface area contributed by atoms with Crippen molar-refractivity contribution in [2.24, 2.45) is 0 Å². The predicted molar refractivity (Wildman–Crippen MR) is 96.9 cm³/mol. The van der Waals surface area contributed by atoms with Crippen molar-refractivity contribution in [3.8, 4) is 0 Å². The molecule has 0 atom stereocenters. The first kappa shape index (κ1) is 17.2. The SMILES string of the molecule is C=CC(=O)N(C)C1CCN(C(=O)CCn2ncc3ccccc32)CC1. The second-order valence-electron chi connectivity index (χ2n) is 6.44. The molecule has 0 saturated carbocycles. The second kappa shape index (κ2) is 7.51. The number of hydrogen-bond acceptors (Lipinski definition) is 3. The molecule has 6 heteroatoms. The molecule has 0 spiro atoms. The smallest absolute Gasteiger partial charge is 0.245 e. The molecule has 0 bridgehead atoms. The monoisotopic (exact) mass is 340 g/mol. The van der Waals surface area contributed by atoms with Gasteiger partial charge in [0.1, 0.15) is 0 Å². The van der Waals surface area contributed by atoms with Gasteiger partial charge in [-0.05, 0) is 25.0 Å². The lowest BCUT2D eigenvalue weighted by atomic mass is 10.0. The van der Waals surface area contributed by atoms with Gasteiger partial charge in [-0.2, -0.15) is 5.10 Å². The summed E-state index contributed by atoms with van der Waals surface area (Å²) in [6.07, 6.45) is 5.24. The number of aromatic nitrogens is 2. The zero-order valence-corrected chi connectivity index (χ0v) is 14.6. The first-order chi connectivity index (χ1) is 12.1. The van der Waals surface area contributed by atoms with E-state index in [-0.39, 0.29) is 17.9 Å². The number of likely N-dealkylation sites (N-methyl/N-ethyl adjacent to an activating group) is 1. The molecule has 6 nitrogen and oxygen atoms in total. The van der Waals surface area contributed by atoms with Gasteiger partial charge in [0.15, 0.2) is 0 Å². The molecule has 1 aromatic heterocycles. The van der Waals surface area contributed by atoms with Gasteiger partial charge in [0.05, 0.1) is 18.3 Å². The number of amides is 2. The van der Waals surface area contributed by atoms with Crippen molar-refractivity contribution in [2.45, 2.75) is 31.8 Å². The summed E-state index contributed by atoms with van der Waals surface area (Å²) in [5.41, 5.74) is 1.05. The first-order valence-corrected chi connectivity index (χ1v) is 8.67. The van der Waals surface area contributed by atoms with E-state index in [2.05, 4.69) is 11.7 Å². The van der Waals surface area contributed by atoms with Gasteiger partial charge in [-0.15, -0.1) is 0 Å². The molecule has 1 aliphatic rings. The van der Waals surface area contributed by atoms with E-state index in [1.807, 2.05) is 40.0 Å². The highest BCUT2D eigenvalue weighted by molar-refractivity contribution is 5.87. The molecule has 3 rings (SSSR count). The van der Waals surface area contributed by atoms with Crippen molar-refractivity contribution in [3.05, 3.63) is 43.1 Å². The summed E-state index contributed by atoms with van der Waals surface area (Å²) in [6, 6.07) is 8.19. The highest BCUT2D eigenvalue weighted by atomic mass is 16.2. The van der Waals surface area contributed by atoms with Crippen molar-refractivity contribution in [2.75, 3.05) is 20.1 Å². The Morgan fingerprint density at radius 3 is 2.76 bits per heavy atom. The molecule has 2 aromatic rings. The van der Waals surface area contributed by atoms with E-state index >= 15 is 0 Å². The van der Waals surface area contributed by atoms with E-state index in [1.165, 1.54) is 6.08 Å². The van der Waals surface area contributed by atoms with Gasteiger partial charge in [-0.1, -0.05) is 24.8 Å². The Balaban J connectivity index is 1.51. The lowest BCUT2D eigenvalue weighted by Gasteiger charge is -2.36. The average Bonchev–Trinajstić information content (AvgIpc) is 3.08. The number of likely N-dealkylation sites (tertiary alicyclic amines) is 1. The number of benzene rings is 1. The zero-order chi connectivity index (χ0) is 17.8. The maximum atomic E-state index is 12.5. The fourth-order valence-corrected chi connectivity index (χ4v) is 3.39. The van der Waals surface area contributed by atoms with Crippen LogP contribution in [0.15, 0.2) is 43.1 Å². The van der Waals surface area contributed by atoms with Crippen LogP contribution in [0.1, 0.15) is 19.3 Å². The predicted octanol–water partition coefficient (Wildman–Crippen LogP) is 2.06. The van der Waals surface area contributed by atoms with Gasteiger partial charge in [0.2, 0.25) is 11.8 Å². The van der Waals surface area contributed by atoms with Crippen LogP contribution in [-0.2, 0) is 16.1 Å². The van der Waals surface area contributed by atoms with Gasteiger partial charge in [-0.25, -0.2) is 0 Å². The summed E-state index contributed by atoms with van der Waals surface area (Å²) >= 11 is 0. The molecular formula is C19H24N4O2. The van der Waals surface area contributed by atoms with E-state index in [4.69, 9.17) is 0 Å². The number of hydrogen-bond donors (Lipinski definition) is 0. The third kappa shape index (κ3) is 3.73. The number of fused-ring (bicyclic) bond motifs is 1. The van der Waals surface area contributed by atoms with E-state index < -0.39 is 0 Å². The molecule has 2 amide bonds. The third-order valence-electron chi connectivity index (χ3n) is 4.98. The van der Waals surface area contributed by atoms with Crippen LogP contribution in [0, 0.1) is 0 Å². The number of carbonyl (C=O) groups excluding carboxylic acids is 2. The van der Waals surface area contributed by atoms with E-state index in [0.29, 0.717) is 26.1 Å². The van der Waals surface area contributed by atoms with Crippen molar-refractivity contribution in [1.29, 1.82) is 0 Å². The number of rotatable bonds is 5. The Kier molecular flexibility index (Phi) is 5.16. The van der Waals surface area contributed by atoms with Gasteiger partial charge in [-0.3, -0.25) is 14.3 Å². The molecule has 132 valence electrons. The number of nitrogens with zero attached hydrogens (tertiary/aromatic N) is 4. The molecular weight excluding hydrogens is 316 g/mol. The van der Waals surface area contributed by atoms with Crippen LogP contribution in [-0.4, -0.2) is 57.6 Å². The Hall–Kier alpha value is -2.63. The maximum absolute atomic E-state index is 12.5. The quantitative estimate of drug-likeness (QED) is 0.783. The maximum Gasteiger partial charge on any atom is 0.245 e. The minimum atomic E-state index is -0.0599. The Morgan fingerprint density at radius 1 is 1.32 bits per heavy atom. The Labute approximate surface area is 147 Å². The number of aryl methyl sites for hydroxylation is 1. The molecule has 1 fully saturated rings. The zero-order valence-electron chi connectivity index (χ0n) is 14.6. The van der Waals surface area contributed by atoms with E-state index in [0.717, 1.165) is 23.7 Å². The lowest BCUT2D eigenvalue weighted by Crippen LogP contribution is -2.47. The lowest BCUT2D eigenvalue weighted by molar-refractivity contribution is -0.134. The minimum absolute atomic E-state index is 0.0599. The topological polar surface area (TPSA) is 58.4 Å². The van der Waals surface area contributed by atoms with Crippen molar-refractivity contribution in [1.82, 2.24) is 19.6 Å². The summed E-state index contributed by atoms with van der Waals surface area (Å²) in [7, 11) is 1.80. The summed E-state index contributed by atoms with van der Waals surface area (Å²) in [6.45, 7) is 5.50. The normalized spacial score (nSPS) is 15.3. The van der Waals surface area contributed by atoms with Crippen LogP contribution in [0.4, 0.5) is 0 Å². The third-order valence-corrected chi connectivity index (χ3v) is 4.98. The summed E-state index contributed by atoms with van der Waals surface area (Å²) in [5, 5.41) is 5.46. The molecule has 0 unspecified atom stereocenters. The molecule has 25 heavy (non-hydrogen) atoms. The molecule has 0 radical (unpaired) electrons. The van der Waals surface area contributed by atoms with Gasteiger partial charge < -0.3 is 9.80 Å². The van der Waals surface area contributed by atoms with E-state index in [1.54, 1.807) is 11.9 Å². The summed E-state index contributed by atoms with van der Waals surface area (Å²) < 4.78 is 1.89. The molecule has 0 N–H and O–H groups in total. The number of piperidine rings is 1. The standard InChI is InChI=1S/C19H24N4O2/c1-3-18(24)21(2)16-8-11-22(12-9-16)19(25)10-13-23-17-7-5-4-6-15(17)14-20-23/h3-7,14,16H,1,8-13H2,2H3. The molecule has 1 aliphatic heterocycles. The van der Waals surface area contributed by atoms with Crippen LogP contribution >= 0.6 is 0 Å². The fraction of sp³-hybridized carbons (Fsp3) is 0.421. The highest BCUT2D eigenvalue weighted by Crippen LogP contribution is 2.17. The number of para-hydroxylation sites is 1.